The van der Waals surface area contributed by atoms with Gasteiger partial charge in [-0.05, 0) is 18.9 Å². The normalized spacial score (nSPS) is 15.3. The van der Waals surface area contributed by atoms with Crippen molar-refractivity contribution in [2.75, 3.05) is 6.54 Å². The summed E-state index contributed by atoms with van der Waals surface area (Å²) in [6.45, 7) is 3.54. The quantitative estimate of drug-likeness (QED) is 0.717. The molecule has 1 amide bonds. The van der Waals surface area contributed by atoms with Crippen LogP contribution in [-0.2, 0) is 15.1 Å². The smallest absolute Gasteiger partial charge is 0.306 e. The molecule has 0 radical (unpaired) electrons. The van der Waals surface area contributed by atoms with Crippen LogP contribution in [0, 0.1) is 5.92 Å². The molecule has 0 fully saturated rings. The van der Waals surface area contributed by atoms with Gasteiger partial charge in [0.1, 0.15) is 5.54 Å². The van der Waals surface area contributed by atoms with Gasteiger partial charge in [-0.25, -0.2) is 0 Å². The zero-order valence-electron chi connectivity index (χ0n) is 11.2. The number of carbonyl (C=O) groups is 2. The first-order valence-electron chi connectivity index (χ1n) is 6.21. The highest BCUT2D eigenvalue weighted by atomic mass is 16.4. The molecule has 0 saturated heterocycles. The number of benzene rings is 1. The number of nitrogens with one attached hydrogen (secondary N) is 1. The number of aliphatic carboxylic acids is 1. The Kier molecular flexibility index (Phi) is 5.06. The third kappa shape index (κ3) is 4.06. The maximum atomic E-state index is 12.0. The number of hydrogen-bond acceptors (Lipinski definition) is 3. The van der Waals surface area contributed by atoms with Crippen LogP contribution in [0.15, 0.2) is 30.3 Å². The van der Waals surface area contributed by atoms with Gasteiger partial charge in [0.05, 0.1) is 5.92 Å². The van der Waals surface area contributed by atoms with Crippen LogP contribution in [-0.4, -0.2) is 23.5 Å². The van der Waals surface area contributed by atoms with Crippen molar-refractivity contribution in [3.8, 4) is 0 Å². The van der Waals surface area contributed by atoms with Gasteiger partial charge in [0.15, 0.2) is 0 Å². The average Bonchev–Trinajstić information content (AvgIpc) is 2.39. The molecule has 2 unspecified atom stereocenters. The Balaban J connectivity index is 2.56. The highest BCUT2D eigenvalue weighted by Crippen LogP contribution is 2.17. The van der Waals surface area contributed by atoms with Gasteiger partial charge in [0.25, 0.3) is 0 Å². The van der Waals surface area contributed by atoms with E-state index in [-0.39, 0.29) is 5.91 Å². The minimum atomic E-state index is -1.12. The number of carbonyl (C=O) groups excluding carboxylic acids is 1. The van der Waals surface area contributed by atoms with Crippen molar-refractivity contribution in [2.24, 2.45) is 11.7 Å². The minimum absolute atomic E-state index is 0.298. The van der Waals surface area contributed by atoms with E-state index in [9.17, 15) is 9.59 Å². The zero-order valence-corrected chi connectivity index (χ0v) is 11.2. The minimum Gasteiger partial charge on any atom is -0.481 e. The second kappa shape index (κ2) is 6.33. The van der Waals surface area contributed by atoms with Crippen LogP contribution >= 0.6 is 0 Å². The summed E-state index contributed by atoms with van der Waals surface area (Å²) in [4.78, 5) is 22.7. The Bertz CT molecular complexity index is 443. The SMILES string of the molecule is CC(CCNC(=O)C(C)(N)c1ccccc1)C(=O)O. The Morgan fingerprint density at radius 2 is 1.95 bits per heavy atom. The third-order valence-electron chi connectivity index (χ3n) is 3.13. The Labute approximate surface area is 112 Å². The summed E-state index contributed by atoms with van der Waals surface area (Å²) in [5.41, 5.74) is 5.63. The maximum absolute atomic E-state index is 12.0. The van der Waals surface area contributed by atoms with Crippen molar-refractivity contribution < 1.29 is 14.7 Å². The van der Waals surface area contributed by atoms with Crippen molar-refractivity contribution in [2.45, 2.75) is 25.8 Å². The summed E-state index contributed by atoms with van der Waals surface area (Å²) in [6, 6.07) is 9.07. The molecule has 0 spiro atoms. The molecule has 0 aliphatic rings. The van der Waals surface area contributed by atoms with Crippen molar-refractivity contribution in [1.29, 1.82) is 0 Å². The van der Waals surface area contributed by atoms with Crippen molar-refractivity contribution in [3.05, 3.63) is 35.9 Å². The molecule has 19 heavy (non-hydrogen) atoms. The van der Waals surface area contributed by atoms with Gasteiger partial charge >= 0.3 is 5.97 Å². The highest BCUT2D eigenvalue weighted by Gasteiger charge is 2.30. The summed E-state index contributed by atoms with van der Waals surface area (Å²) >= 11 is 0. The monoisotopic (exact) mass is 264 g/mol. The lowest BCUT2D eigenvalue weighted by atomic mass is 9.92. The summed E-state index contributed by atoms with van der Waals surface area (Å²) in [5, 5.41) is 11.4. The Hall–Kier alpha value is -1.88. The predicted octanol–water partition coefficient (Wildman–Crippen LogP) is 1.09. The van der Waals surface area contributed by atoms with Gasteiger partial charge in [-0.15, -0.1) is 0 Å². The van der Waals surface area contributed by atoms with E-state index in [1.165, 1.54) is 0 Å². The number of amides is 1. The molecule has 1 aromatic carbocycles. The van der Waals surface area contributed by atoms with E-state index in [2.05, 4.69) is 5.32 Å². The molecule has 4 N–H and O–H groups in total. The number of hydrogen-bond donors (Lipinski definition) is 3. The lowest BCUT2D eigenvalue weighted by Gasteiger charge is -2.24. The Morgan fingerprint density at radius 1 is 1.37 bits per heavy atom. The molecule has 0 aliphatic heterocycles. The lowest BCUT2D eigenvalue weighted by Crippen LogP contribution is -2.49. The third-order valence-corrected chi connectivity index (χ3v) is 3.13. The first kappa shape index (κ1) is 15.2. The van der Waals surface area contributed by atoms with Gasteiger partial charge in [0.2, 0.25) is 5.91 Å². The van der Waals surface area contributed by atoms with Crippen LogP contribution in [0.2, 0.25) is 0 Å². The van der Waals surface area contributed by atoms with Crippen LogP contribution in [0.3, 0.4) is 0 Å². The molecule has 0 aliphatic carbocycles. The standard InChI is InChI=1S/C14H20N2O3/c1-10(12(17)18)8-9-16-13(19)14(2,15)11-6-4-3-5-7-11/h3-7,10H,8-9,15H2,1-2H3,(H,16,19)(H,17,18). The van der Waals surface area contributed by atoms with Crippen LogP contribution in [0.5, 0.6) is 0 Å². The lowest BCUT2D eigenvalue weighted by molar-refractivity contribution is -0.141. The van der Waals surface area contributed by atoms with E-state index in [4.69, 9.17) is 10.8 Å². The molecule has 1 rings (SSSR count). The zero-order chi connectivity index (χ0) is 14.5. The molecule has 5 heteroatoms. The fourth-order valence-corrected chi connectivity index (χ4v) is 1.62. The first-order chi connectivity index (χ1) is 8.85. The van der Waals surface area contributed by atoms with E-state index in [0.717, 1.165) is 5.56 Å². The summed E-state index contributed by atoms with van der Waals surface area (Å²) in [6.07, 6.45) is 0.381. The number of nitrogens with two attached hydrogens (primary N) is 1. The Morgan fingerprint density at radius 3 is 2.47 bits per heavy atom. The molecular weight excluding hydrogens is 244 g/mol. The van der Waals surface area contributed by atoms with Gasteiger partial charge in [-0.3, -0.25) is 9.59 Å². The van der Waals surface area contributed by atoms with E-state index in [1.54, 1.807) is 26.0 Å². The molecular formula is C14H20N2O3. The molecule has 0 saturated carbocycles. The topological polar surface area (TPSA) is 92.4 Å². The first-order valence-corrected chi connectivity index (χ1v) is 6.21. The molecule has 1 aromatic rings. The van der Waals surface area contributed by atoms with Crippen LogP contribution < -0.4 is 11.1 Å². The van der Waals surface area contributed by atoms with Gasteiger partial charge < -0.3 is 16.2 Å². The van der Waals surface area contributed by atoms with Gasteiger partial charge in [0, 0.05) is 6.54 Å². The average molecular weight is 264 g/mol. The van der Waals surface area contributed by atoms with E-state index in [1.807, 2.05) is 18.2 Å². The van der Waals surface area contributed by atoms with E-state index >= 15 is 0 Å². The molecule has 2 atom stereocenters. The second-order valence-electron chi connectivity index (χ2n) is 4.85. The van der Waals surface area contributed by atoms with Crippen molar-refractivity contribution >= 4 is 11.9 Å². The largest absolute Gasteiger partial charge is 0.481 e. The molecule has 0 aromatic heterocycles. The van der Waals surface area contributed by atoms with Gasteiger partial charge in [-0.2, -0.15) is 0 Å². The molecule has 5 nitrogen and oxygen atoms in total. The fraction of sp³-hybridized carbons (Fsp3) is 0.429. The predicted molar refractivity (Wildman–Crippen MR) is 72.4 cm³/mol. The van der Waals surface area contributed by atoms with Crippen LogP contribution in [0.4, 0.5) is 0 Å². The number of carboxylic acids is 1. The van der Waals surface area contributed by atoms with E-state index < -0.39 is 17.4 Å². The fourth-order valence-electron chi connectivity index (χ4n) is 1.62. The summed E-state index contributed by atoms with van der Waals surface area (Å²) in [5.74, 6) is -1.66. The van der Waals surface area contributed by atoms with Crippen molar-refractivity contribution in [3.63, 3.8) is 0 Å². The number of rotatable bonds is 6. The number of carboxylic acid groups (broad SMARTS) is 1. The van der Waals surface area contributed by atoms with Crippen LogP contribution in [0.1, 0.15) is 25.8 Å². The highest BCUT2D eigenvalue weighted by molar-refractivity contribution is 5.87. The maximum Gasteiger partial charge on any atom is 0.306 e. The van der Waals surface area contributed by atoms with E-state index in [0.29, 0.717) is 13.0 Å². The molecule has 0 bridgehead atoms. The summed E-state index contributed by atoms with van der Waals surface area (Å²) < 4.78 is 0. The van der Waals surface area contributed by atoms with Crippen molar-refractivity contribution in [1.82, 2.24) is 5.32 Å². The van der Waals surface area contributed by atoms with Crippen LogP contribution in [0.25, 0.3) is 0 Å². The van der Waals surface area contributed by atoms with Gasteiger partial charge in [-0.1, -0.05) is 37.3 Å². The summed E-state index contributed by atoms with van der Waals surface area (Å²) in [7, 11) is 0. The molecule has 0 heterocycles. The second-order valence-corrected chi connectivity index (χ2v) is 4.85. The molecule has 104 valence electrons.